The number of aliphatic hydroxyl groups is 1. The molecule has 164 valence electrons. The Labute approximate surface area is 183 Å². The molecule has 0 aromatic heterocycles. The molecule has 3 saturated carbocycles. The second-order valence-electron chi connectivity index (χ2n) is 10.1. The van der Waals surface area contributed by atoms with Crippen LogP contribution in [0.4, 0.5) is 0 Å². The van der Waals surface area contributed by atoms with Gasteiger partial charge < -0.3 is 9.84 Å². The largest absolute Gasteiger partial charge is 0.465 e. The molecule has 4 rings (SSSR count). The predicted molar refractivity (Wildman–Crippen MR) is 116 cm³/mol. The van der Waals surface area contributed by atoms with Gasteiger partial charge in [0, 0.05) is 29.1 Å². The van der Waals surface area contributed by atoms with Crippen LogP contribution in [0.25, 0.3) is 0 Å². The van der Waals surface area contributed by atoms with Crippen LogP contribution in [0.2, 0.25) is 0 Å². The summed E-state index contributed by atoms with van der Waals surface area (Å²) in [7, 11) is 0. The highest BCUT2D eigenvalue weighted by Gasteiger charge is 2.66. The van der Waals surface area contributed by atoms with Gasteiger partial charge in [0.15, 0.2) is 10.9 Å². The highest BCUT2D eigenvalue weighted by Crippen LogP contribution is 2.67. The molecule has 6 heteroatoms. The van der Waals surface area contributed by atoms with Crippen molar-refractivity contribution in [2.75, 3.05) is 6.61 Å². The van der Waals surface area contributed by atoms with Crippen molar-refractivity contribution in [3.8, 4) is 0 Å². The van der Waals surface area contributed by atoms with Crippen molar-refractivity contribution in [2.45, 2.75) is 59.0 Å². The number of hydrogen-bond donors (Lipinski definition) is 2. The first-order valence-electron chi connectivity index (χ1n) is 11.1. The van der Waals surface area contributed by atoms with Crippen LogP contribution in [0.3, 0.4) is 0 Å². The Balaban J connectivity index is 1.75. The van der Waals surface area contributed by atoms with Gasteiger partial charge in [-0.3, -0.25) is 14.4 Å². The van der Waals surface area contributed by atoms with E-state index in [-0.39, 0.29) is 64.9 Å². The van der Waals surface area contributed by atoms with E-state index >= 15 is 0 Å². The molecule has 3 fully saturated rings. The Hall–Kier alpha value is -1.40. The van der Waals surface area contributed by atoms with Crippen molar-refractivity contribution in [1.29, 1.82) is 0 Å². The van der Waals surface area contributed by atoms with Gasteiger partial charge in [0.25, 0.3) is 0 Å². The molecule has 0 aromatic rings. The van der Waals surface area contributed by atoms with E-state index in [2.05, 4.69) is 26.5 Å². The van der Waals surface area contributed by atoms with Crippen LogP contribution >= 0.6 is 12.6 Å². The van der Waals surface area contributed by atoms with Crippen LogP contribution in [0.15, 0.2) is 23.8 Å². The van der Waals surface area contributed by atoms with Gasteiger partial charge in [-0.25, -0.2) is 0 Å². The van der Waals surface area contributed by atoms with Crippen LogP contribution in [-0.4, -0.2) is 34.7 Å². The molecule has 0 aromatic carbocycles. The Morgan fingerprint density at radius 2 is 2.10 bits per heavy atom. The monoisotopic (exact) mass is 432 g/mol. The number of thiol groups is 1. The molecule has 0 unspecified atom stereocenters. The predicted octanol–water partition coefficient (Wildman–Crippen LogP) is 3.52. The Bertz CT molecular complexity index is 831. The fraction of sp³-hybridized carbons (Fsp3) is 0.708. The molecule has 0 amide bonds. The normalized spacial score (nSPS) is 44.6. The lowest BCUT2D eigenvalue weighted by Crippen LogP contribution is -2.58. The molecule has 5 nitrogen and oxygen atoms in total. The first-order chi connectivity index (χ1) is 14.1. The van der Waals surface area contributed by atoms with E-state index < -0.39 is 11.5 Å². The van der Waals surface area contributed by atoms with E-state index in [1.165, 1.54) is 0 Å². The second kappa shape index (κ2) is 7.63. The van der Waals surface area contributed by atoms with Crippen molar-refractivity contribution in [1.82, 2.24) is 0 Å². The maximum absolute atomic E-state index is 12.6. The summed E-state index contributed by atoms with van der Waals surface area (Å²) in [6.45, 7) is 6.14. The molecule has 4 aliphatic rings. The number of rotatable bonds is 4. The minimum atomic E-state index is -0.640. The van der Waals surface area contributed by atoms with Crippen molar-refractivity contribution >= 4 is 29.5 Å². The summed E-state index contributed by atoms with van der Waals surface area (Å²) in [6, 6.07) is 0. The molecule has 0 saturated heterocycles. The molecule has 0 aliphatic heterocycles. The smallest absolute Gasteiger partial charge is 0.305 e. The minimum Gasteiger partial charge on any atom is -0.465 e. The molecule has 4 aliphatic carbocycles. The van der Waals surface area contributed by atoms with Crippen LogP contribution < -0.4 is 0 Å². The number of allylic oxidation sites excluding steroid dienone is 4. The van der Waals surface area contributed by atoms with Crippen LogP contribution in [0.5, 0.6) is 0 Å². The van der Waals surface area contributed by atoms with Crippen LogP contribution in [0, 0.1) is 40.4 Å². The number of carbonyl (C=O) groups is 3. The molecule has 0 heterocycles. The quantitative estimate of drug-likeness (QED) is 0.525. The average molecular weight is 433 g/mol. The van der Waals surface area contributed by atoms with E-state index in [9.17, 15) is 19.5 Å². The number of hydrogen-bond acceptors (Lipinski definition) is 5. The lowest BCUT2D eigenvalue weighted by molar-refractivity contribution is -0.168. The fourth-order valence-electron chi connectivity index (χ4n) is 7.51. The number of fused-ring (bicyclic) bond motifs is 5. The molecule has 8 atom stereocenters. The summed E-state index contributed by atoms with van der Waals surface area (Å²) in [5, 5.41) is 11.3. The van der Waals surface area contributed by atoms with Gasteiger partial charge in [-0.1, -0.05) is 32.4 Å². The molecule has 0 radical (unpaired) electrons. The minimum absolute atomic E-state index is 0.0113. The second-order valence-corrected chi connectivity index (χ2v) is 10.5. The highest BCUT2D eigenvalue weighted by molar-refractivity contribution is 7.96. The fourth-order valence-corrected chi connectivity index (χ4v) is 8.03. The third kappa shape index (κ3) is 3.13. The number of ether oxygens (including phenoxy) is 1. The first kappa shape index (κ1) is 21.8. The van der Waals surface area contributed by atoms with Crippen molar-refractivity contribution in [3.63, 3.8) is 0 Å². The van der Waals surface area contributed by atoms with Crippen molar-refractivity contribution in [3.05, 3.63) is 23.8 Å². The Morgan fingerprint density at radius 3 is 2.77 bits per heavy atom. The lowest BCUT2D eigenvalue weighted by Gasteiger charge is -2.59. The molecule has 0 bridgehead atoms. The van der Waals surface area contributed by atoms with E-state index in [1.54, 1.807) is 19.1 Å². The van der Waals surface area contributed by atoms with Gasteiger partial charge in [0.05, 0.1) is 12.7 Å². The van der Waals surface area contributed by atoms with Gasteiger partial charge in [-0.15, -0.1) is 12.6 Å². The highest BCUT2D eigenvalue weighted by atomic mass is 32.1. The number of esters is 1. The van der Waals surface area contributed by atoms with Crippen LogP contribution in [-0.2, 0) is 19.1 Å². The van der Waals surface area contributed by atoms with Gasteiger partial charge >= 0.3 is 5.97 Å². The van der Waals surface area contributed by atoms with E-state index in [0.29, 0.717) is 6.42 Å². The van der Waals surface area contributed by atoms with Crippen molar-refractivity contribution in [2.24, 2.45) is 40.4 Å². The zero-order valence-electron chi connectivity index (χ0n) is 18.0. The summed E-state index contributed by atoms with van der Waals surface area (Å²) < 4.78 is 5.63. The van der Waals surface area contributed by atoms with Gasteiger partial charge in [-0.2, -0.15) is 0 Å². The van der Waals surface area contributed by atoms with E-state index in [0.717, 1.165) is 24.8 Å². The van der Waals surface area contributed by atoms with E-state index in [1.807, 2.05) is 6.08 Å². The molecular weight excluding hydrogens is 400 g/mol. The third-order valence-electron chi connectivity index (χ3n) is 8.63. The zero-order chi connectivity index (χ0) is 21.8. The Kier molecular flexibility index (Phi) is 5.55. The van der Waals surface area contributed by atoms with Gasteiger partial charge in [0.1, 0.15) is 0 Å². The number of carbonyl (C=O) groups excluding carboxylic acids is 3. The van der Waals surface area contributed by atoms with Crippen LogP contribution in [0.1, 0.15) is 52.9 Å². The standard InChI is InChI=1S/C24H32O5S/c1-4-19(27)29-12-24-11-18(26)21-16(17(24)9-13(2)20(24)22(28)30)6-5-14-10-15(25)7-8-23(14,21)3/h7-8,10,13,16-18,20-21,26H,4-6,9,11-12H2,1-3H3,(H,28,30)/t13-,16+,17+,18+,20-,21-,23+,24-/m1/s1. The maximum atomic E-state index is 12.6. The maximum Gasteiger partial charge on any atom is 0.305 e. The van der Waals surface area contributed by atoms with Crippen molar-refractivity contribution < 1.29 is 24.2 Å². The summed E-state index contributed by atoms with van der Waals surface area (Å²) in [6.07, 6.45) is 7.97. The first-order valence-corrected chi connectivity index (χ1v) is 11.6. The van der Waals surface area contributed by atoms with Gasteiger partial charge in [0.2, 0.25) is 0 Å². The Morgan fingerprint density at radius 1 is 1.37 bits per heavy atom. The molecular formula is C24H32O5S. The van der Waals surface area contributed by atoms with E-state index in [4.69, 9.17) is 4.74 Å². The number of aliphatic hydroxyl groups excluding tert-OH is 1. The summed E-state index contributed by atoms with van der Waals surface area (Å²) in [5.74, 6) is -0.103. The third-order valence-corrected chi connectivity index (χ3v) is 8.91. The topological polar surface area (TPSA) is 80.7 Å². The summed E-state index contributed by atoms with van der Waals surface area (Å²) in [4.78, 5) is 36.6. The summed E-state index contributed by atoms with van der Waals surface area (Å²) >= 11 is 4.22. The molecule has 1 N–H and O–H groups in total. The lowest BCUT2D eigenvalue weighted by atomic mass is 9.46. The average Bonchev–Trinajstić information content (AvgIpc) is 2.98. The summed E-state index contributed by atoms with van der Waals surface area (Å²) in [5.41, 5.74) is 0.178. The van der Waals surface area contributed by atoms with Gasteiger partial charge in [-0.05, 0) is 55.6 Å². The zero-order valence-corrected chi connectivity index (χ0v) is 18.9. The number of ketones is 1. The SMILES string of the molecule is CCC(=O)OC[C@]12C[C@H](O)[C@H]3[C@@H](CCC4=CC(=O)C=C[C@@]43C)[C@@H]1C[C@@H](C)[C@@H]2C(=O)S. The molecule has 0 spiro atoms. The molecule has 30 heavy (non-hydrogen) atoms.